The van der Waals surface area contributed by atoms with Crippen LogP contribution in [0.5, 0.6) is 17.2 Å². The quantitative estimate of drug-likeness (QED) is 0.0920. The number of hydrogen-bond donors (Lipinski definition) is 3. The molecule has 5 aromatic rings. The van der Waals surface area contributed by atoms with Crippen molar-refractivity contribution in [1.82, 2.24) is 20.2 Å². The first-order valence-corrected chi connectivity index (χ1v) is 21.4. The van der Waals surface area contributed by atoms with Crippen LogP contribution in [0.1, 0.15) is 53.6 Å². The highest BCUT2D eigenvalue weighted by Gasteiger charge is 2.53. The number of aromatic nitrogens is 2. The molecule has 2 bridgehead atoms. The van der Waals surface area contributed by atoms with E-state index in [1.165, 1.54) is 25.4 Å². The zero-order valence-corrected chi connectivity index (χ0v) is 36.9. The highest BCUT2D eigenvalue weighted by atomic mass is 35.5. The number of halogens is 5. The fraction of sp³-hybridized carbons (Fsp3) is 0.319. The fourth-order valence-electron chi connectivity index (χ4n) is 8.98. The molecule has 10 rings (SSSR count). The van der Waals surface area contributed by atoms with Crippen molar-refractivity contribution in [2.75, 3.05) is 44.3 Å². The van der Waals surface area contributed by atoms with E-state index < -0.39 is 57.3 Å². The summed E-state index contributed by atoms with van der Waals surface area (Å²) in [5, 5.41) is 14.6. The largest absolute Gasteiger partial charge is 0.497 e. The maximum Gasteiger partial charge on any atom is 0.418 e. The van der Waals surface area contributed by atoms with Crippen LogP contribution in [0, 0.1) is 18.7 Å². The minimum absolute atomic E-state index is 0.00750. The minimum Gasteiger partial charge on any atom is -0.497 e. The topological polar surface area (TPSA) is 152 Å². The Morgan fingerprint density at radius 2 is 1.74 bits per heavy atom. The summed E-state index contributed by atoms with van der Waals surface area (Å²) in [6, 6.07) is 18.3. The molecule has 6 heterocycles. The SMILES string of the molecule is COc1ccc(CN(Cc2ccc(OC)cc2)c2cc(C)c(C(F)(F)F)c(-c3c(F)c4c5c(c3Cl)=NCNC=5N(C(C)c3cccnc3NC(=O)O)C=C(OCC35CC(CO3)C5)O4)n2)cc1. The van der Waals surface area contributed by atoms with E-state index >= 15 is 17.6 Å². The number of benzene rings is 3. The molecule has 3 fully saturated rings. The van der Waals surface area contributed by atoms with Crippen molar-refractivity contribution < 1.29 is 51.1 Å². The number of anilines is 2. The Balaban J connectivity index is 1.23. The molecule has 344 valence electrons. The predicted molar refractivity (Wildman–Crippen MR) is 235 cm³/mol. The summed E-state index contributed by atoms with van der Waals surface area (Å²) >= 11 is 7.15. The van der Waals surface area contributed by atoms with Gasteiger partial charge < -0.3 is 43.9 Å². The Bertz CT molecular complexity index is 2810. The van der Waals surface area contributed by atoms with Crippen molar-refractivity contribution in [1.29, 1.82) is 0 Å². The van der Waals surface area contributed by atoms with Crippen LogP contribution in [-0.4, -0.2) is 65.8 Å². The molecule has 5 aliphatic rings. The lowest BCUT2D eigenvalue weighted by molar-refractivity contribution is -0.137. The van der Waals surface area contributed by atoms with Crippen LogP contribution >= 0.6 is 11.6 Å². The Labute approximate surface area is 381 Å². The van der Waals surface area contributed by atoms with Crippen LogP contribution in [0.15, 0.2) is 90.1 Å². The third kappa shape index (κ3) is 8.46. The maximum atomic E-state index is 18.0. The molecule has 4 aliphatic heterocycles. The van der Waals surface area contributed by atoms with Gasteiger partial charge in [-0.2, -0.15) is 13.2 Å². The number of ether oxygens (including phenoxy) is 5. The van der Waals surface area contributed by atoms with E-state index in [0.717, 1.165) is 24.0 Å². The number of hydrogen-bond acceptors (Lipinski definition) is 12. The second-order valence-electron chi connectivity index (χ2n) is 16.5. The first-order valence-electron chi connectivity index (χ1n) is 21.0. The summed E-state index contributed by atoms with van der Waals surface area (Å²) in [5.41, 5.74) is -1.46. The van der Waals surface area contributed by atoms with E-state index in [4.69, 9.17) is 35.3 Å². The molecule has 1 amide bonds. The molecule has 1 unspecified atom stereocenters. The fourth-order valence-corrected chi connectivity index (χ4v) is 9.31. The number of pyridine rings is 2. The van der Waals surface area contributed by atoms with E-state index in [1.807, 2.05) is 24.3 Å². The lowest BCUT2D eigenvalue weighted by Gasteiger charge is -2.35. The van der Waals surface area contributed by atoms with Gasteiger partial charge in [0.2, 0.25) is 0 Å². The Morgan fingerprint density at radius 3 is 2.33 bits per heavy atom. The normalized spacial score (nSPS) is 18.6. The lowest BCUT2D eigenvalue weighted by Crippen LogP contribution is -2.45. The number of carbonyl (C=O) groups is 1. The van der Waals surface area contributed by atoms with Gasteiger partial charge in [0, 0.05) is 24.8 Å². The van der Waals surface area contributed by atoms with Crippen molar-refractivity contribution in [3.8, 4) is 28.5 Å². The number of aryl methyl sites for hydroxylation is 1. The number of amides is 1. The van der Waals surface area contributed by atoms with Gasteiger partial charge in [-0.15, -0.1) is 0 Å². The van der Waals surface area contributed by atoms with Gasteiger partial charge in [-0.3, -0.25) is 10.3 Å². The molecule has 3 aromatic carbocycles. The molecule has 66 heavy (non-hydrogen) atoms. The Hall–Kier alpha value is -6.79. The molecule has 2 aromatic heterocycles. The third-order valence-corrected chi connectivity index (χ3v) is 12.6. The maximum absolute atomic E-state index is 18.0. The van der Waals surface area contributed by atoms with Gasteiger partial charge in [-0.25, -0.2) is 19.2 Å². The zero-order chi connectivity index (χ0) is 46.5. The Morgan fingerprint density at radius 1 is 1.08 bits per heavy atom. The van der Waals surface area contributed by atoms with Gasteiger partial charge in [0.15, 0.2) is 11.6 Å². The van der Waals surface area contributed by atoms with Crippen molar-refractivity contribution in [3.63, 3.8) is 0 Å². The van der Waals surface area contributed by atoms with Crippen molar-refractivity contribution in [3.05, 3.63) is 134 Å². The van der Waals surface area contributed by atoms with Gasteiger partial charge >= 0.3 is 18.2 Å². The molecule has 1 saturated carbocycles. The summed E-state index contributed by atoms with van der Waals surface area (Å²) in [7, 11) is 3.09. The smallest absolute Gasteiger partial charge is 0.418 e. The predicted octanol–water partition coefficient (Wildman–Crippen LogP) is 8.27. The first kappa shape index (κ1) is 44.4. The molecule has 3 N–H and O–H groups in total. The standard InChI is InChI=1S/C47H44ClF4N7O7/c1-25-16-33(58(19-27-7-11-30(62-3)12-8-27)20-28-9-13-31(63-4)14-10-28)56-40(37(25)47(50,51)52)35-38(48)41-36-42(39(35)49)66-34(64-23-46-17-29(18-46)22-65-46)21-59(44(36)55-24-54-41)26(2)32-6-5-15-53-43(32)57-45(60)61/h5-16,21,26,29,55H,17-20,22-24H2,1-4H3,(H,53,57)(H,60,61). The molecular formula is C47H44ClF4N7O7. The molecule has 19 heteroatoms. The molecule has 14 nitrogen and oxygen atoms in total. The summed E-state index contributed by atoms with van der Waals surface area (Å²) < 4.78 is 93.6. The van der Waals surface area contributed by atoms with Gasteiger partial charge in [0.25, 0.3) is 0 Å². The summed E-state index contributed by atoms with van der Waals surface area (Å²) in [6.07, 6.45) is -1.97. The van der Waals surface area contributed by atoms with Gasteiger partial charge in [-0.05, 0) is 85.7 Å². The van der Waals surface area contributed by atoms with E-state index in [2.05, 4.69) is 25.6 Å². The molecular weight excluding hydrogens is 886 g/mol. The van der Waals surface area contributed by atoms with Gasteiger partial charge in [0.1, 0.15) is 47.8 Å². The number of nitrogens with one attached hydrogen (secondary N) is 2. The minimum atomic E-state index is -5.02. The monoisotopic (exact) mass is 929 g/mol. The second kappa shape index (κ2) is 17.5. The molecule has 1 atom stereocenters. The number of methoxy groups -OCH3 is 2. The molecule has 0 spiro atoms. The van der Waals surface area contributed by atoms with E-state index in [0.29, 0.717) is 29.6 Å². The number of nitrogens with zero attached hydrogens (tertiary/aromatic N) is 5. The van der Waals surface area contributed by atoms with Gasteiger partial charge in [-0.1, -0.05) is 41.9 Å². The van der Waals surface area contributed by atoms with Crippen LogP contribution in [0.25, 0.3) is 17.1 Å². The highest BCUT2D eigenvalue weighted by molar-refractivity contribution is 6.33. The summed E-state index contributed by atoms with van der Waals surface area (Å²) in [5.74, 6) is -0.0148. The van der Waals surface area contributed by atoms with E-state index in [-0.39, 0.29) is 65.9 Å². The number of rotatable bonds is 14. The van der Waals surface area contributed by atoms with Crippen molar-refractivity contribution in [2.24, 2.45) is 10.9 Å². The van der Waals surface area contributed by atoms with Gasteiger partial charge in [0.05, 0.1) is 65.5 Å². The van der Waals surface area contributed by atoms with Crippen molar-refractivity contribution in [2.45, 2.75) is 57.6 Å². The summed E-state index contributed by atoms with van der Waals surface area (Å²) in [4.78, 5) is 28.7. The van der Waals surface area contributed by atoms with Crippen LogP contribution in [0.2, 0.25) is 5.02 Å². The van der Waals surface area contributed by atoms with E-state index in [9.17, 15) is 9.90 Å². The second-order valence-corrected chi connectivity index (χ2v) is 16.9. The molecule has 2 saturated heterocycles. The lowest BCUT2D eigenvalue weighted by atomic mass is 9.75. The molecule has 1 aliphatic carbocycles. The van der Waals surface area contributed by atoms with Crippen LogP contribution in [0.4, 0.5) is 34.0 Å². The average molecular weight is 930 g/mol. The Kier molecular flexibility index (Phi) is 11.8. The molecule has 0 radical (unpaired) electrons. The zero-order valence-electron chi connectivity index (χ0n) is 36.1. The highest BCUT2D eigenvalue weighted by Crippen LogP contribution is 2.49. The number of alkyl halides is 3. The third-order valence-electron chi connectivity index (χ3n) is 12.2. The summed E-state index contributed by atoms with van der Waals surface area (Å²) in [6.45, 7) is 3.89. The first-order chi connectivity index (χ1) is 31.6. The van der Waals surface area contributed by atoms with Crippen molar-refractivity contribution >= 4 is 35.2 Å². The average Bonchev–Trinajstić information content (AvgIpc) is 3.85. The number of carboxylic acid groups (broad SMARTS) is 1. The van der Waals surface area contributed by atoms with Crippen LogP contribution in [-0.2, 0) is 28.7 Å². The van der Waals surface area contributed by atoms with E-state index in [1.54, 1.807) is 67.3 Å². The van der Waals surface area contributed by atoms with Crippen LogP contribution in [0.3, 0.4) is 0 Å². The van der Waals surface area contributed by atoms with Crippen LogP contribution < -0.4 is 40.3 Å². The number of fused-ring (bicyclic) bond motifs is 1.